The molecule has 0 bridgehead atoms. The summed E-state index contributed by atoms with van der Waals surface area (Å²) in [6.45, 7) is 7.26. The third kappa shape index (κ3) is 3.44. The summed E-state index contributed by atoms with van der Waals surface area (Å²) in [4.78, 5) is 1.27. The number of nitrogens with zero attached hydrogens (tertiary/aromatic N) is 1. The van der Waals surface area contributed by atoms with Crippen LogP contribution >= 0.6 is 27.3 Å². The Morgan fingerprint density at radius 2 is 2.25 bits per heavy atom. The first kappa shape index (κ1) is 16.4. The molecule has 2 heterocycles. The molecule has 1 fully saturated rings. The van der Waals surface area contributed by atoms with E-state index in [1.165, 1.54) is 11.3 Å². The van der Waals surface area contributed by atoms with Crippen molar-refractivity contribution in [1.29, 1.82) is 0 Å². The molecule has 20 heavy (non-hydrogen) atoms. The van der Waals surface area contributed by atoms with Gasteiger partial charge in [0.1, 0.15) is 0 Å². The summed E-state index contributed by atoms with van der Waals surface area (Å²) in [6.07, 6.45) is 2.17. The van der Waals surface area contributed by atoms with E-state index in [1.54, 1.807) is 10.4 Å². The van der Waals surface area contributed by atoms with Crippen LogP contribution in [-0.4, -0.2) is 37.9 Å². The molecule has 4 nitrogen and oxygen atoms in total. The molecule has 1 saturated heterocycles. The van der Waals surface area contributed by atoms with Crippen LogP contribution in [0, 0.1) is 6.92 Å². The lowest BCUT2D eigenvalue weighted by Gasteiger charge is -2.28. The molecule has 1 aromatic heterocycles. The smallest absolute Gasteiger partial charge is 0.244 e. The summed E-state index contributed by atoms with van der Waals surface area (Å²) in [5.41, 5.74) is 0. The second-order valence-electron chi connectivity index (χ2n) is 5.43. The predicted molar refractivity (Wildman–Crippen MR) is 86.8 cm³/mol. The van der Waals surface area contributed by atoms with Crippen LogP contribution in [0.15, 0.2) is 14.7 Å². The molecule has 1 atom stereocenters. The van der Waals surface area contributed by atoms with Crippen molar-refractivity contribution < 1.29 is 8.42 Å². The van der Waals surface area contributed by atoms with Gasteiger partial charge in [0.2, 0.25) is 10.0 Å². The van der Waals surface area contributed by atoms with Gasteiger partial charge in [-0.2, -0.15) is 4.31 Å². The first-order valence-corrected chi connectivity index (χ1v) is 9.88. The Morgan fingerprint density at radius 1 is 1.55 bits per heavy atom. The molecule has 0 spiro atoms. The SMILES string of the molecule is Cc1sc(Br)cc1S(=O)(=O)N(CC1CCCN1)C(C)C. The molecule has 7 heteroatoms. The van der Waals surface area contributed by atoms with Gasteiger partial charge in [-0.1, -0.05) is 0 Å². The normalized spacial score (nSPS) is 20.2. The zero-order valence-electron chi connectivity index (χ0n) is 12.0. The average molecular weight is 381 g/mol. The highest BCUT2D eigenvalue weighted by Gasteiger charge is 2.32. The minimum atomic E-state index is -3.42. The van der Waals surface area contributed by atoms with Crippen molar-refractivity contribution in [2.45, 2.75) is 50.6 Å². The van der Waals surface area contributed by atoms with Gasteiger partial charge in [0, 0.05) is 23.5 Å². The highest BCUT2D eigenvalue weighted by molar-refractivity contribution is 9.11. The van der Waals surface area contributed by atoms with E-state index in [1.807, 2.05) is 20.8 Å². The summed E-state index contributed by atoms with van der Waals surface area (Å²) in [5.74, 6) is 0. The van der Waals surface area contributed by atoms with E-state index < -0.39 is 10.0 Å². The van der Waals surface area contributed by atoms with Crippen molar-refractivity contribution in [3.63, 3.8) is 0 Å². The fraction of sp³-hybridized carbons (Fsp3) is 0.692. The van der Waals surface area contributed by atoms with E-state index in [2.05, 4.69) is 21.2 Å². The molecular weight excluding hydrogens is 360 g/mol. The van der Waals surface area contributed by atoms with E-state index in [0.717, 1.165) is 28.0 Å². The molecule has 0 saturated carbocycles. The molecule has 0 aromatic carbocycles. The maximum Gasteiger partial charge on any atom is 0.244 e. The fourth-order valence-corrected chi connectivity index (χ4v) is 6.60. The predicted octanol–water partition coefficient (Wildman–Crippen LogP) is 2.97. The van der Waals surface area contributed by atoms with Crippen LogP contribution in [0.1, 0.15) is 31.6 Å². The molecule has 1 aromatic rings. The van der Waals surface area contributed by atoms with Crippen LogP contribution in [0.3, 0.4) is 0 Å². The first-order valence-electron chi connectivity index (χ1n) is 6.83. The van der Waals surface area contributed by atoms with Crippen LogP contribution in [0.2, 0.25) is 0 Å². The Balaban J connectivity index is 2.29. The minimum absolute atomic E-state index is 0.0412. The Hall–Kier alpha value is 0.0500. The van der Waals surface area contributed by atoms with Gasteiger partial charge in [0.25, 0.3) is 0 Å². The molecule has 0 amide bonds. The number of hydrogen-bond acceptors (Lipinski definition) is 4. The highest BCUT2D eigenvalue weighted by Crippen LogP contribution is 2.32. The highest BCUT2D eigenvalue weighted by atomic mass is 79.9. The zero-order valence-corrected chi connectivity index (χ0v) is 15.2. The molecule has 1 aliphatic heterocycles. The van der Waals surface area contributed by atoms with Crippen LogP contribution < -0.4 is 5.32 Å². The number of halogens is 1. The molecular formula is C13H21BrN2O2S2. The molecule has 1 unspecified atom stereocenters. The second-order valence-corrected chi connectivity index (χ2v) is 9.93. The summed E-state index contributed by atoms with van der Waals surface area (Å²) in [6, 6.07) is 1.95. The standard InChI is InChI=1S/C13H21BrN2O2S2/c1-9(2)16(8-11-5-4-6-15-11)20(17,18)12-7-13(14)19-10(12)3/h7,9,11,15H,4-6,8H2,1-3H3. The van der Waals surface area contributed by atoms with Gasteiger partial charge in [-0.3, -0.25) is 0 Å². The van der Waals surface area contributed by atoms with E-state index in [-0.39, 0.29) is 12.1 Å². The van der Waals surface area contributed by atoms with Gasteiger partial charge in [0.05, 0.1) is 8.68 Å². The maximum atomic E-state index is 12.9. The van der Waals surface area contributed by atoms with Crippen LogP contribution in [0.5, 0.6) is 0 Å². The first-order chi connectivity index (χ1) is 9.32. The maximum absolute atomic E-state index is 12.9. The van der Waals surface area contributed by atoms with Crippen molar-refractivity contribution >= 4 is 37.3 Å². The fourth-order valence-electron chi connectivity index (χ4n) is 2.53. The van der Waals surface area contributed by atoms with Crippen molar-refractivity contribution in [1.82, 2.24) is 9.62 Å². The molecule has 1 N–H and O–H groups in total. The van der Waals surface area contributed by atoms with Crippen LogP contribution in [0.25, 0.3) is 0 Å². The Bertz CT molecular complexity index is 563. The quantitative estimate of drug-likeness (QED) is 0.853. The van der Waals surface area contributed by atoms with Gasteiger partial charge in [0.15, 0.2) is 0 Å². The Labute approximate surface area is 133 Å². The van der Waals surface area contributed by atoms with Gasteiger partial charge in [-0.25, -0.2) is 8.42 Å². The number of thiophene rings is 1. The van der Waals surface area contributed by atoms with E-state index in [9.17, 15) is 8.42 Å². The second kappa shape index (κ2) is 6.44. The lowest BCUT2D eigenvalue weighted by atomic mass is 10.2. The van der Waals surface area contributed by atoms with E-state index in [4.69, 9.17) is 0 Å². The molecule has 114 valence electrons. The monoisotopic (exact) mass is 380 g/mol. The number of sulfonamides is 1. The molecule has 0 radical (unpaired) electrons. The average Bonchev–Trinajstić information content (AvgIpc) is 2.95. The lowest BCUT2D eigenvalue weighted by Crippen LogP contribution is -2.44. The van der Waals surface area contributed by atoms with E-state index in [0.29, 0.717) is 11.4 Å². The van der Waals surface area contributed by atoms with Crippen molar-refractivity contribution in [3.8, 4) is 0 Å². The molecule has 0 aliphatic carbocycles. The van der Waals surface area contributed by atoms with Gasteiger partial charge in [-0.15, -0.1) is 11.3 Å². The molecule has 2 rings (SSSR count). The topological polar surface area (TPSA) is 49.4 Å². The number of hydrogen-bond donors (Lipinski definition) is 1. The summed E-state index contributed by atoms with van der Waals surface area (Å²) >= 11 is 4.84. The van der Waals surface area contributed by atoms with E-state index >= 15 is 0 Å². The van der Waals surface area contributed by atoms with Gasteiger partial charge < -0.3 is 5.32 Å². The number of nitrogens with one attached hydrogen (secondary N) is 1. The third-order valence-corrected chi connectivity index (χ3v) is 7.42. The number of aryl methyl sites for hydroxylation is 1. The van der Waals surface area contributed by atoms with Crippen LogP contribution in [0.4, 0.5) is 0 Å². The van der Waals surface area contributed by atoms with Crippen molar-refractivity contribution in [2.24, 2.45) is 0 Å². The van der Waals surface area contributed by atoms with Gasteiger partial charge >= 0.3 is 0 Å². The molecule has 1 aliphatic rings. The van der Waals surface area contributed by atoms with Crippen molar-refractivity contribution in [2.75, 3.05) is 13.1 Å². The Morgan fingerprint density at radius 3 is 2.70 bits per heavy atom. The summed E-state index contributed by atoms with van der Waals surface area (Å²) in [7, 11) is -3.42. The van der Waals surface area contributed by atoms with Crippen LogP contribution in [-0.2, 0) is 10.0 Å². The number of rotatable bonds is 5. The largest absolute Gasteiger partial charge is 0.313 e. The van der Waals surface area contributed by atoms with Gasteiger partial charge in [-0.05, 0) is 62.2 Å². The Kier molecular flexibility index (Phi) is 5.29. The zero-order chi connectivity index (χ0) is 14.9. The lowest BCUT2D eigenvalue weighted by molar-refractivity contribution is 0.322. The summed E-state index contributed by atoms with van der Waals surface area (Å²) in [5, 5.41) is 3.37. The summed E-state index contributed by atoms with van der Waals surface area (Å²) < 4.78 is 28.2. The van der Waals surface area contributed by atoms with Crippen molar-refractivity contribution in [3.05, 3.63) is 14.7 Å². The minimum Gasteiger partial charge on any atom is -0.313 e. The third-order valence-electron chi connectivity index (χ3n) is 3.57.